The second kappa shape index (κ2) is 6.22. The number of nitrogens with one attached hydrogen (secondary N) is 1. The zero-order chi connectivity index (χ0) is 12.2. The summed E-state index contributed by atoms with van der Waals surface area (Å²) in [5.41, 5.74) is 0. The van der Waals surface area contributed by atoms with Gasteiger partial charge in [-0.1, -0.05) is 26.2 Å². The summed E-state index contributed by atoms with van der Waals surface area (Å²) in [6.07, 6.45) is 4.84. The van der Waals surface area contributed by atoms with Crippen LogP contribution in [0.5, 0.6) is 0 Å². The lowest BCUT2D eigenvalue weighted by Gasteiger charge is -2.26. The molecule has 5 heteroatoms. The highest BCUT2D eigenvalue weighted by atomic mass is 35.5. The van der Waals surface area contributed by atoms with Crippen LogP contribution < -0.4 is 4.72 Å². The first-order chi connectivity index (χ1) is 7.47. The zero-order valence-corrected chi connectivity index (χ0v) is 11.6. The molecule has 0 aliphatic heterocycles. The van der Waals surface area contributed by atoms with E-state index in [0.29, 0.717) is 5.88 Å². The minimum atomic E-state index is -3.15. The molecule has 0 heterocycles. The van der Waals surface area contributed by atoms with Crippen LogP contribution in [0, 0.1) is 5.92 Å². The van der Waals surface area contributed by atoms with Crippen LogP contribution in [0.2, 0.25) is 0 Å². The summed E-state index contributed by atoms with van der Waals surface area (Å²) in [6, 6.07) is -0.0792. The van der Waals surface area contributed by atoms with Crippen molar-refractivity contribution in [3.05, 3.63) is 0 Å². The van der Waals surface area contributed by atoms with Crippen LogP contribution in [0.25, 0.3) is 0 Å². The quantitative estimate of drug-likeness (QED) is 0.778. The normalized spacial score (nSPS) is 22.9. The van der Waals surface area contributed by atoms with Gasteiger partial charge in [0.2, 0.25) is 10.0 Å². The monoisotopic (exact) mass is 267 g/mol. The Kier molecular flexibility index (Phi) is 5.54. The van der Waals surface area contributed by atoms with Gasteiger partial charge in [-0.15, -0.1) is 11.6 Å². The summed E-state index contributed by atoms with van der Waals surface area (Å²) >= 11 is 5.73. The van der Waals surface area contributed by atoms with Gasteiger partial charge in [0.05, 0.1) is 5.25 Å². The molecule has 0 spiro atoms. The second-order valence-corrected chi connectivity index (χ2v) is 7.14. The highest BCUT2D eigenvalue weighted by Crippen LogP contribution is 2.23. The van der Waals surface area contributed by atoms with Gasteiger partial charge in [-0.25, -0.2) is 13.1 Å². The smallest absolute Gasteiger partial charge is 0.212 e. The highest BCUT2D eigenvalue weighted by molar-refractivity contribution is 7.90. The van der Waals surface area contributed by atoms with Crippen molar-refractivity contribution in [3.63, 3.8) is 0 Å². The van der Waals surface area contributed by atoms with Crippen LogP contribution >= 0.6 is 11.6 Å². The Balaban J connectivity index is 2.56. The number of hydrogen-bond donors (Lipinski definition) is 1. The minimum absolute atomic E-state index is 0.0792. The lowest BCUT2D eigenvalue weighted by molar-refractivity contribution is 0.449. The maximum atomic E-state index is 12.1. The average Bonchev–Trinajstić information content (AvgIpc) is 2.28. The van der Waals surface area contributed by atoms with Gasteiger partial charge in [-0.2, -0.15) is 0 Å². The van der Waals surface area contributed by atoms with Gasteiger partial charge in [-0.05, 0) is 25.7 Å². The predicted molar refractivity (Wildman–Crippen MR) is 68.3 cm³/mol. The molecule has 2 atom stereocenters. The van der Waals surface area contributed by atoms with Gasteiger partial charge in [0.1, 0.15) is 0 Å². The number of rotatable bonds is 5. The molecule has 0 aromatic carbocycles. The van der Waals surface area contributed by atoms with Crippen molar-refractivity contribution in [2.45, 2.75) is 57.2 Å². The van der Waals surface area contributed by atoms with Gasteiger partial charge < -0.3 is 0 Å². The summed E-state index contributed by atoms with van der Waals surface area (Å²) in [6.45, 7) is 3.84. The van der Waals surface area contributed by atoms with Crippen molar-refractivity contribution >= 4 is 21.6 Å². The van der Waals surface area contributed by atoms with E-state index in [4.69, 9.17) is 11.6 Å². The lowest BCUT2D eigenvalue weighted by atomic mass is 10.0. The Labute approximate surface area is 104 Å². The molecule has 0 aromatic heterocycles. The van der Waals surface area contributed by atoms with E-state index in [0.717, 1.165) is 25.7 Å². The van der Waals surface area contributed by atoms with Crippen molar-refractivity contribution in [2.24, 2.45) is 5.92 Å². The number of alkyl halides is 1. The molecule has 1 rings (SSSR count). The summed E-state index contributed by atoms with van der Waals surface area (Å²) in [5.74, 6) is 0.647. The van der Waals surface area contributed by atoms with Crippen LogP contribution in [0.1, 0.15) is 46.0 Å². The van der Waals surface area contributed by atoms with E-state index in [1.807, 2.05) is 13.8 Å². The third kappa shape index (κ3) is 3.90. The maximum absolute atomic E-state index is 12.1. The molecule has 0 radical (unpaired) electrons. The van der Waals surface area contributed by atoms with E-state index < -0.39 is 10.0 Å². The molecule has 0 bridgehead atoms. The third-order valence-electron chi connectivity index (χ3n) is 3.44. The fourth-order valence-electron chi connectivity index (χ4n) is 1.98. The molecule has 1 N–H and O–H groups in total. The lowest BCUT2D eigenvalue weighted by Crippen LogP contribution is -2.43. The van der Waals surface area contributed by atoms with Crippen molar-refractivity contribution in [1.82, 2.24) is 4.72 Å². The molecule has 1 saturated carbocycles. The Bertz CT molecular complexity index is 299. The molecular formula is C11H22ClNO2S. The predicted octanol–water partition coefficient (Wildman–Crippen LogP) is 2.50. The van der Waals surface area contributed by atoms with Gasteiger partial charge in [0.25, 0.3) is 0 Å². The topological polar surface area (TPSA) is 46.2 Å². The SMILES string of the molecule is CC(CCl)C(C)NS(=O)(=O)C1CCCCC1. The molecule has 1 aliphatic carbocycles. The maximum Gasteiger partial charge on any atom is 0.214 e. The highest BCUT2D eigenvalue weighted by Gasteiger charge is 2.29. The van der Waals surface area contributed by atoms with Crippen LogP contribution in [0.3, 0.4) is 0 Å². The van der Waals surface area contributed by atoms with Gasteiger partial charge >= 0.3 is 0 Å². The average molecular weight is 268 g/mol. The number of halogens is 1. The Hall–Kier alpha value is 0.200. The van der Waals surface area contributed by atoms with E-state index >= 15 is 0 Å². The van der Waals surface area contributed by atoms with Crippen molar-refractivity contribution < 1.29 is 8.42 Å². The first-order valence-corrected chi connectivity index (χ1v) is 8.12. The summed E-state index contributed by atoms with van der Waals surface area (Å²) < 4.78 is 26.9. The molecule has 16 heavy (non-hydrogen) atoms. The first kappa shape index (κ1) is 14.3. The van der Waals surface area contributed by atoms with Crippen molar-refractivity contribution in [2.75, 3.05) is 5.88 Å². The van der Waals surface area contributed by atoms with E-state index in [1.165, 1.54) is 6.42 Å². The van der Waals surface area contributed by atoms with E-state index in [2.05, 4.69) is 4.72 Å². The molecule has 96 valence electrons. The van der Waals surface area contributed by atoms with Crippen LogP contribution in [0.4, 0.5) is 0 Å². The van der Waals surface area contributed by atoms with Crippen molar-refractivity contribution in [3.8, 4) is 0 Å². The largest absolute Gasteiger partial charge is 0.214 e. The standard InChI is InChI=1S/C11H22ClNO2S/c1-9(8-12)10(2)13-16(14,15)11-6-4-3-5-7-11/h9-11,13H,3-8H2,1-2H3. The summed E-state index contributed by atoms with van der Waals surface area (Å²) in [4.78, 5) is 0. The van der Waals surface area contributed by atoms with Crippen LogP contribution in [0.15, 0.2) is 0 Å². The third-order valence-corrected chi connectivity index (χ3v) is 5.97. The summed E-state index contributed by atoms with van der Waals surface area (Å²) in [7, 11) is -3.15. The molecule has 0 aromatic rings. The number of sulfonamides is 1. The molecule has 3 nitrogen and oxygen atoms in total. The van der Waals surface area contributed by atoms with Gasteiger partial charge in [0, 0.05) is 11.9 Å². The van der Waals surface area contributed by atoms with Crippen LogP contribution in [-0.4, -0.2) is 25.6 Å². The molecule has 0 amide bonds. The van der Waals surface area contributed by atoms with Gasteiger partial charge in [0.15, 0.2) is 0 Å². The van der Waals surface area contributed by atoms with E-state index in [9.17, 15) is 8.42 Å². The number of hydrogen-bond acceptors (Lipinski definition) is 2. The molecular weight excluding hydrogens is 246 g/mol. The fraction of sp³-hybridized carbons (Fsp3) is 1.00. The van der Waals surface area contributed by atoms with E-state index in [1.54, 1.807) is 0 Å². The Morgan fingerprint density at radius 2 is 1.81 bits per heavy atom. The minimum Gasteiger partial charge on any atom is -0.212 e. The molecule has 1 fully saturated rings. The Morgan fingerprint density at radius 1 is 1.25 bits per heavy atom. The van der Waals surface area contributed by atoms with E-state index in [-0.39, 0.29) is 17.2 Å². The molecule has 0 saturated heterocycles. The fourth-order valence-corrected chi connectivity index (χ4v) is 4.14. The molecule has 2 unspecified atom stereocenters. The molecule has 1 aliphatic rings. The van der Waals surface area contributed by atoms with Crippen LogP contribution in [-0.2, 0) is 10.0 Å². The first-order valence-electron chi connectivity index (χ1n) is 6.04. The van der Waals surface area contributed by atoms with Crippen molar-refractivity contribution in [1.29, 1.82) is 0 Å². The summed E-state index contributed by atoms with van der Waals surface area (Å²) in [5, 5.41) is -0.189. The Morgan fingerprint density at radius 3 is 2.31 bits per heavy atom. The zero-order valence-electron chi connectivity index (χ0n) is 10.1. The second-order valence-electron chi connectivity index (χ2n) is 4.84. The van der Waals surface area contributed by atoms with Gasteiger partial charge in [-0.3, -0.25) is 0 Å².